The van der Waals surface area contributed by atoms with E-state index in [9.17, 15) is 10.0 Å². The molecular formula is C13H20N2O5. The molecule has 0 radical (unpaired) electrons. The number of aliphatic hydroxyl groups excluding tert-OH is 2. The lowest BCUT2D eigenvalue weighted by Crippen LogP contribution is -2.27. The standard InChI is InChI=1S/C13H20N2O5/c1-13(2,15-18)12(17)11-4-3-10(9-14-11)20-8-7-19-6-5-16/h3-4,9,12,16-17H,5-8H2,1-2H3. The van der Waals surface area contributed by atoms with Crippen molar-refractivity contribution < 1.29 is 19.7 Å². The fourth-order valence-electron chi connectivity index (χ4n) is 1.44. The Morgan fingerprint density at radius 1 is 1.35 bits per heavy atom. The van der Waals surface area contributed by atoms with E-state index < -0.39 is 11.6 Å². The zero-order valence-corrected chi connectivity index (χ0v) is 11.7. The van der Waals surface area contributed by atoms with Gasteiger partial charge < -0.3 is 19.7 Å². The zero-order valence-electron chi connectivity index (χ0n) is 11.7. The van der Waals surface area contributed by atoms with Gasteiger partial charge in [0.15, 0.2) is 0 Å². The maximum absolute atomic E-state index is 10.6. The molecule has 0 aliphatic carbocycles. The summed E-state index contributed by atoms with van der Waals surface area (Å²) in [6, 6.07) is 3.24. The van der Waals surface area contributed by atoms with Crippen LogP contribution in [-0.2, 0) is 4.74 Å². The number of rotatable bonds is 9. The van der Waals surface area contributed by atoms with Crippen molar-refractivity contribution in [1.82, 2.24) is 4.98 Å². The normalized spacial score (nSPS) is 13.0. The molecule has 2 N–H and O–H groups in total. The van der Waals surface area contributed by atoms with Crippen LogP contribution in [0.25, 0.3) is 0 Å². The second-order valence-corrected chi connectivity index (χ2v) is 4.75. The number of aliphatic hydroxyl groups is 2. The van der Waals surface area contributed by atoms with Crippen LogP contribution in [-0.4, -0.2) is 47.2 Å². The fourth-order valence-corrected chi connectivity index (χ4v) is 1.44. The van der Waals surface area contributed by atoms with Crippen molar-refractivity contribution in [3.05, 3.63) is 28.9 Å². The number of hydrogen-bond acceptors (Lipinski definition) is 7. The predicted molar refractivity (Wildman–Crippen MR) is 72.5 cm³/mol. The maximum atomic E-state index is 10.6. The molecule has 0 aliphatic rings. The second-order valence-electron chi connectivity index (χ2n) is 4.75. The topological polar surface area (TPSA) is 101 Å². The Morgan fingerprint density at radius 2 is 2.10 bits per heavy atom. The number of nitrogens with zero attached hydrogens (tertiary/aromatic N) is 2. The number of aromatic nitrogens is 1. The lowest BCUT2D eigenvalue weighted by Gasteiger charge is -2.22. The molecule has 0 bridgehead atoms. The molecule has 20 heavy (non-hydrogen) atoms. The van der Waals surface area contributed by atoms with Gasteiger partial charge in [-0.25, -0.2) is 0 Å². The van der Waals surface area contributed by atoms with Crippen molar-refractivity contribution in [3.8, 4) is 5.75 Å². The Bertz CT molecular complexity index is 408. The van der Waals surface area contributed by atoms with Gasteiger partial charge in [-0.1, -0.05) is 5.18 Å². The lowest BCUT2D eigenvalue weighted by atomic mass is 9.96. The van der Waals surface area contributed by atoms with Crippen molar-refractivity contribution in [2.24, 2.45) is 5.18 Å². The van der Waals surface area contributed by atoms with Crippen molar-refractivity contribution in [2.75, 3.05) is 26.4 Å². The highest BCUT2D eigenvalue weighted by Gasteiger charge is 2.31. The first-order chi connectivity index (χ1) is 9.51. The first kappa shape index (κ1) is 16.5. The van der Waals surface area contributed by atoms with Crippen LogP contribution in [0.15, 0.2) is 23.5 Å². The average Bonchev–Trinajstić information content (AvgIpc) is 2.47. The fraction of sp³-hybridized carbons (Fsp3) is 0.615. The van der Waals surface area contributed by atoms with Gasteiger partial charge in [-0.2, -0.15) is 4.91 Å². The molecule has 7 nitrogen and oxygen atoms in total. The lowest BCUT2D eigenvalue weighted by molar-refractivity contribution is 0.0703. The number of ether oxygens (including phenoxy) is 2. The van der Waals surface area contributed by atoms with Gasteiger partial charge in [0.25, 0.3) is 0 Å². The van der Waals surface area contributed by atoms with E-state index in [1.807, 2.05) is 0 Å². The number of nitroso groups, excluding NO2 is 1. The van der Waals surface area contributed by atoms with Gasteiger partial charge in [-0.05, 0) is 26.0 Å². The third-order valence-electron chi connectivity index (χ3n) is 2.68. The molecule has 112 valence electrons. The van der Waals surface area contributed by atoms with Crippen molar-refractivity contribution in [1.29, 1.82) is 0 Å². The third-order valence-corrected chi connectivity index (χ3v) is 2.68. The molecule has 0 saturated heterocycles. The van der Waals surface area contributed by atoms with E-state index in [-0.39, 0.29) is 13.2 Å². The Balaban J connectivity index is 2.50. The number of hydrogen-bond donors (Lipinski definition) is 2. The van der Waals surface area contributed by atoms with E-state index in [0.717, 1.165) is 0 Å². The van der Waals surface area contributed by atoms with Crippen LogP contribution in [0.5, 0.6) is 5.75 Å². The van der Waals surface area contributed by atoms with Gasteiger partial charge >= 0.3 is 0 Å². The summed E-state index contributed by atoms with van der Waals surface area (Å²) in [6.45, 7) is 4.04. The SMILES string of the molecule is CC(C)(N=O)C(O)c1ccc(OCCOCCO)cn1. The Morgan fingerprint density at radius 3 is 2.65 bits per heavy atom. The molecule has 1 rings (SSSR count). The average molecular weight is 284 g/mol. The molecule has 1 aromatic rings. The molecule has 1 heterocycles. The van der Waals surface area contributed by atoms with Gasteiger partial charge in [0.05, 0.1) is 31.7 Å². The third kappa shape index (κ3) is 4.84. The Labute approximate surface area is 117 Å². The zero-order chi connectivity index (χ0) is 15.0. The highest BCUT2D eigenvalue weighted by molar-refractivity contribution is 5.22. The molecule has 1 unspecified atom stereocenters. The van der Waals surface area contributed by atoms with Crippen LogP contribution in [0, 0.1) is 4.91 Å². The highest BCUT2D eigenvalue weighted by Crippen LogP contribution is 2.27. The van der Waals surface area contributed by atoms with Crippen LogP contribution < -0.4 is 4.74 Å². The summed E-state index contributed by atoms with van der Waals surface area (Å²) < 4.78 is 10.4. The molecule has 0 aromatic carbocycles. The van der Waals surface area contributed by atoms with Crippen molar-refractivity contribution in [3.63, 3.8) is 0 Å². The molecule has 1 atom stereocenters. The quantitative estimate of drug-likeness (QED) is 0.519. The number of pyridine rings is 1. The Hall–Kier alpha value is -1.57. The molecule has 0 amide bonds. The monoisotopic (exact) mass is 284 g/mol. The molecule has 1 aromatic heterocycles. The summed E-state index contributed by atoms with van der Waals surface area (Å²) in [7, 11) is 0. The molecule has 7 heteroatoms. The van der Waals surface area contributed by atoms with E-state index >= 15 is 0 Å². The summed E-state index contributed by atoms with van der Waals surface area (Å²) in [4.78, 5) is 14.7. The largest absolute Gasteiger partial charge is 0.490 e. The first-order valence-electron chi connectivity index (χ1n) is 6.31. The summed E-state index contributed by atoms with van der Waals surface area (Å²) in [5.74, 6) is 0.533. The van der Waals surface area contributed by atoms with Crippen LogP contribution >= 0.6 is 0 Å². The first-order valence-corrected chi connectivity index (χ1v) is 6.31. The van der Waals surface area contributed by atoms with Gasteiger partial charge in [0.1, 0.15) is 24.0 Å². The van der Waals surface area contributed by atoms with E-state index in [1.54, 1.807) is 12.1 Å². The van der Waals surface area contributed by atoms with Crippen LogP contribution in [0.2, 0.25) is 0 Å². The van der Waals surface area contributed by atoms with Gasteiger partial charge in [0.2, 0.25) is 0 Å². The van der Waals surface area contributed by atoms with E-state index in [1.165, 1.54) is 20.0 Å². The van der Waals surface area contributed by atoms with Crippen LogP contribution in [0.3, 0.4) is 0 Å². The van der Waals surface area contributed by atoms with Gasteiger partial charge in [0, 0.05) is 0 Å². The highest BCUT2D eigenvalue weighted by atomic mass is 16.5. The Kier molecular flexibility index (Phi) is 6.50. The molecule has 0 spiro atoms. The maximum Gasteiger partial charge on any atom is 0.137 e. The second kappa shape index (κ2) is 7.88. The summed E-state index contributed by atoms with van der Waals surface area (Å²) in [5, 5.41) is 21.4. The molecule has 0 aliphatic heterocycles. The van der Waals surface area contributed by atoms with Crippen molar-refractivity contribution >= 4 is 0 Å². The van der Waals surface area contributed by atoms with Crippen LogP contribution in [0.1, 0.15) is 25.6 Å². The summed E-state index contributed by atoms with van der Waals surface area (Å²) >= 11 is 0. The summed E-state index contributed by atoms with van der Waals surface area (Å²) in [6.07, 6.45) is 0.396. The van der Waals surface area contributed by atoms with Gasteiger partial charge in [-0.3, -0.25) is 4.98 Å². The molecule has 0 fully saturated rings. The molecule has 0 saturated carbocycles. The predicted octanol–water partition coefficient (Wildman–Crippen LogP) is 1.05. The van der Waals surface area contributed by atoms with E-state index in [2.05, 4.69) is 10.2 Å². The smallest absolute Gasteiger partial charge is 0.137 e. The summed E-state index contributed by atoms with van der Waals surface area (Å²) in [5.41, 5.74) is -0.772. The van der Waals surface area contributed by atoms with Gasteiger partial charge in [-0.15, -0.1) is 0 Å². The van der Waals surface area contributed by atoms with E-state index in [4.69, 9.17) is 14.6 Å². The van der Waals surface area contributed by atoms with Crippen molar-refractivity contribution in [2.45, 2.75) is 25.5 Å². The van der Waals surface area contributed by atoms with E-state index in [0.29, 0.717) is 24.7 Å². The minimum absolute atomic E-state index is 0.0192. The minimum atomic E-state index is -1.13. The van der Waals surface area contributed by atoms with Crippen LogP contribution in [0.4, 0.5) is 0 Å². The molecular weight excluding hydrogens is 264 g/mol. The minimum Gasteiger partial charge on any atom is -0.490 e.